The molecule has 3 heterocycles. The van der Waals surface area contributed by atoms with Crippen LogP contribution in [-0.2, 0) is 18.9 Å². The van der Waals surface area contributed by atoms with Gasteiger partial charge >= 0.3 is 13.6 Å². The minimum absolute atomic E-state index is 0.339. The second-order valence-electron chi connectivity index (χ2n) is 6.59. The summed E-state index contributed by atoms with van der Waals surface area (Å²) in [5, 5.41) is 12.8. The van der Waals surface area contributed by atoms with Crippen molar-refractivity contribution in [3.8, 4) is 0 Å². The summed E-state index contributed by atoms with van der Waals surface area (Å²) in [5.41, 5.74) is 0. The molecule has 9 nitrogen and oxygen atoms in total. The molecular formula is C14H17N2O7PS2. The number of hydrogen-bond donors (Lipinski definition) is 4. The van der Waals surface area contributed by atoms with Gasteiger partial charge in [-0.2, -0.15) is 0 Å². The Labute approximate surface area is 156 Å². The Balaban J connectivity index is 1.79. The number of thioether (sulfide) groups is 1. The van der Waals surface area contributed by atoms with Crippen LogP contribution in [-0.4, -0.2) is 59.5 Å². The first kappa shape index (κ1) is 19.4. The topological polar surface area (TPSA) is 144 Å². The van der Waals surface area contributed by atoms with Crippen molar-refractivity contribution >= 4 is 48.5 Å². The van der Waals surface area contributed by atoms with Crippen LogP contribution in [0.25, 0.3) is 0 Å². The molecule has 0 saturated carbocycles. The number of carboxylic acids is 1. The number of hydrogen-bond acceptors (Lipinski definition) is 6. The van der Waals surface area contributed by atoms with E-state index in [2.05, 4.69) is 5.32 Å². The molecule has 142 valence electrons. The van der Waals surface area contributed by atoms with Crippen LogP contribution in [0.1, 0.15) is 24.6 Å². The van der Waals surface area contributed by atoms with Gasteiger partial charge in [0.25, 0.3) is 0 Å². The summed E-state index contributed by atoms with van der Waals surface area (Å²) in [6, 6.07) is 2.14. The number of thiophene rings is 1. The molecule has 0 radical (unpaired) electrons. The van der Waals surface area contributed by atoms with E-state index in [0.29, 0.717) is 4.88 Å². The summed E-state index contributed by atoms with van der Waals surface area (Å²) in [6.45, 7) is 3.25. The molecule has 26 heavy (non-hydrogen) atoms. The summed E-state index contributed by atoms with van der Waals surface area (Å²) >= 11 is 2.30. The van der Waals surface area contributed by atoms with E-state index in [-0.39, 0.29) is 0 Å². The van der Waals surface area contributed by atoms with E-state index >= 15 is 0 Å². The molecule has 1 aromatic rings. The average Bonchev–Trinajstić information content (AvgIpc) is 3.08. The first-order valence-electron chi connectivity index (χ1n) is 7.57. The number of rotatable bonds is 5. The second-order valence-corrected chi connectivity index (χ2v) is 11.0. The van der Waals surface area contributed by atoms with Gasteiger partial charge in [0.1, 0.15) is 17.2 Å². The Hall–Kier alpha value is -1.39. The number of nitrogens with zero attached hydrogens (tertiary/aromatic N) is 1. The maximum absolute atomic E-state index is 12.4. The highest BCUT2D eigenvalue weighted by Gasteiger charge is 2.66. The lowest BCUT2D eigenvalue weighted by molar-refractivity contribution is -0.152. The van der Waals surface area contributed by atoms with Crippen LogP contribution in [0.2, 0.25) is 0 Å². The highest BCUT2D eigenvalue weighted by molar-refractivity contribution is 8.02. The van der Waals surface area contributed by atoms with Crippen LogP contribution in [0.4, 0.5) is 0 Å². The van der Waals surface area contributed by atoms with E-state index in [4.69, 9.17) is 0 Å². The predicted octanol–water partition coefficient (Wildman–Crippen LogP) is 0.599. The van der Waals surface area contributed by atoms with Crippen LogP contribution in [0.3, 0.4) is 0 Å². The number of carbonyl (C=O) groups is 3. The Kier molecular flexibility index (Phi) is 4.73. The monoisotopic (exact) mass is 420 g/mol. The van der Waals surface area contributed by atoms with E-state index in [1.54, 1.807) is 25.3 Å². The third kappa shape index (κ3) is 3.07. The quantitative estimate of drug-likeness (QED) is 0.308. The molecule has 0 aromatic carbocycles. The Morgan fingerprint density at radius 2 is 2.04 bits per heavy atom. The normalized spacial score (nSPS) is 28.2. The first-order chi connectivity index (χ1) is 11.9. The summed E-state index contributed by atoms with van der Waals surface area (Å²) in [6.07, 6.45) is 0. The van der Waals surface area contributed by atoms with E-state index in [9.17, 15) is 33.8 Å². The van der Waals surface area contributed by atoms with Gasteiger partial charge in [0, 0.05) is 9.62 Å². The smallest absolute Gasteiger partial charge is 0.349 e. The van der Waals surface area contributed by atoms with Gasteiger partial charge in [-0.05, 0) is 25.3 Å². The van der Waals surface area contributed by atoms with Gasteiger partial charge < -0.3 is 25.1 Å². The molecule has 4 N–H and O–H groups in total. The van der Waals surface area contributed by atoms with Gasteiger partial charge in [0.2, 0.25) is 11.8 Å². The molecule has 1 aromatic heterocycles. The molecule has 3 unspecified atom stereocenters. The zero-order chi connectivity index (χ0) is 19.4. The summed E-state index contributed by atoms with van der Waals surface area (Å²) in [5.74, 6) is -5.49. The molecule has 2 aliphatic rings. The largest absolute Gasteiger partial charge is 0.480 e. The average molecular weight is 420 g/mol. The maximum Gasteiger partial charge on any atom is 0.349 e. The summed E-state index contributed by atoms with van der Waals surface area (Å²) in [7, 11) is -4.57. The second kappa shape index (κ2) is 6.35. The predicted molar refractivity (Wildman–Crippen MR) is 94.8 cm³/mol. The third-order valence-corrected chi connectivity index (χ3v) is 8.56. The van der Waals surface area contributed by atoms with Crippen LogP contribution < -0.4 is 5.32 Å². The van der Waals surface area contributed by atoms with E-state index < -0.39 is 53.2 Å². The Bertz CT molecular complexity index is 806. The van der Waals surface area contributed by atoms with Crippen molar-refractivity contribution in [2.24, 2.45) is 0 Å². The lowest BCUT2D eigenvalue weighted by atomic mass is 10.0. The van der Waals surface area contributed by atoms with Crippen LogP contribution in [0.15, 0.2) is 17.5 Å². The van der Waals surface area contributed by atoms with Gasteiger partial charge in [-0.15, -0.1) is 23.1 Å². The molecule has 2 fully saturated rings. The number of aliphatic carboxylic acids is 1. The van der Waals surface area contributed by atoms with Crippen molar-refractivity contribution in [3.05, 3.63) is 22.4 Å². The van der Waals surface area contributed by atoms with Crippen LogP contribution in [0.5, 0.6) is 0 Å². The number of fused-ring (bicyclic) bond motifs is 1. The molecule has 2 aliphatic heterocycles. The molecule has 3 rings (SSSR count). The van der Waals surface area contributed by atoms with Gasteiger partial charge in [0.15, 0.2) is 5.92 Å². The highest BCUT2D eigenvalue weighted by Crippen LogP contribution is 2.62. The molecule has 2 amide bonds. The number of nitrogens with one attached hydrogen (secondary N) is 1. The van der Waals surface area contributed by atoms with Gasteiger partial charge in [-0.3, -0.25) is 18.9 Å². The molecular weight excluding hydrogens is 403 g/mol. The molecule has 0 bridgehead atoms. The fraction of sp³-hybridized carbons (Fsp3) is 0.500. The van der Waals surface area contributed by atoms with Crippen molar-refractivity contribution in [1.82, 2.24) is 10.2 Å². The molecule has 0 aliphatic carbocycles. The lowest BCUT2D eigenvalue weighted by Crippen LogP contribution is -2.69. The van der Waals surface area contributed by atoms with Crippen molar-refractivity contribution in [2.75, 3.05) is 0 Å². The van der Waals surface area contributed by atoms with Crippen molar-refractivity contribution in [1.29, 1.82) is 0 Å². The zero-order valence-corrected chi connectivity index (χ0v) is 16.3. The van der Waals surface area contributed by atoms with Gasteiger partial charge in [-0.25, -0.2) is 0 Å². The SMILES string of the molecule is CC1(C)S[C@H]2C(NC(=O)C(C(=O)O)c3cccs3)C(=O)N2C1P(=O)(O)O. The van der Waals surface area contributed by atoms with Crippen LogP contribution in [0, 0.1) is 0 Å². The van der Waals surface area contributed by atoms with Crippen molar-refractivity contribution < 1.29 is 33.8 Å². The number of carboxylic acid groups (broad SMARTS) is 1. The van der Waals surface area contributed by atoms with E-state index in [1.807, 2.05) is 0 Å². The number of amides is 2. The minimum atomic E-state index is -4.57. The summed E-state index contributed by atoms with van der Waals surface area (Å²) in [4.78, 5) is 56.9. The highest BCUT2D eigenvalue weighted by atomic mass is 32.2. The van der Waals surface area contributed by atoms with E-state index in [0.717, 1.165) is 16.2 Å². The van der Waals surface area contributed by atoms with Crippen molar-refractivity contribution in [3.63, 3.8) is 0 Å². The van der Waals surface area contributed by atoms with Gasteiger partial charge in [0.05, 0.1) is 0 Å². The standard InChI is InChI=1S/C14H17N2O7PS2/c1-14(2)13(24(21,22)23)16-10(18)8(11(16)26-14)15-9(17)7(12(19)20)6-4-3-5-25-6/h3-5,7-8,11,13H,1-2H3,(H,15,17)(H,19,20)(H2,21,22,23)/t7?,8?,11-,13?/m0/s1. The third-order valence-electron chi connectivity index (χ3n) is 4.34. The fourth-order valence-corrected chi connectivity index (χ4v) is 7.74. The molecule has 2 saturated heterocycles. The Morgan fingerprint density at radius 1 is 1.38 bits per heavy atom. The molecule has 0 spiro atoms. The van der Waals surface area contributed by atoms with Crippen molar-refractivity contribution in [2.45, 2.75) is 41.7 Å². The zero-order valence-electron chi connectivity index (χ0n) is 13.7. The first-order valence-corrected chi connectivity index (χ1v) is 11.0. The van der Waals surface area contributed by atoms with E-state index in [1.165, 1.54) is 17.8 Å². The maximum atomic E-state index is 12.4. The molecule has 4 atom stereocenters. The van der Waals surface area contributed by atoms with Gasteiger partial charge in [-0.1, -0.05) is 6.07 Å². The fourth-order valence-electron chi connectivity index (χ4n) is 3.33. The van der Waals surface area contributed by atoms with Crippen LogP contribution >= 0.6 is 30.7 Å². The number of carbonyl (C=O) groups excluding carboxylic acids is 2. The Morgan fingerprint density at radius 3 is 2.54 bits per heavy atom. The lowest BCUT2D eigenvalue weighted by Gasteiger charge is -2.44. The summed E-state index contributed by atoms with van der Waals surface area (Å²) < 4.78 is 10.9. The molecule has 12 heteroatoms. The minimum Gasteiger partial charge on any atom is -0.480 e. The number of β-lactam (4-membered cyclic amide) rings is 1.